The highest BCUT2D eigenvalue weighted by atomic mass is 127. The minimum absolute atomic E-state index is 0.742. The van der Waals surface area contributed by atoms with Crippen molar-refractivity contribution in [3.05, 3.63) is 10.2 Å². The number of allylic oxidation sites excluding steroid dienone is 1. The lowest BCUT2D eigenvalue weighted by Crippen LogP contribution is -1.48. The van der Waals surface area contributed by atoms with Crippen LogP contribution in [0.2, 0.25) is 0 Å². The molecule has 0 fully saturated rings. The smallest absolute Gasteiger partial charge is 0.143 e. The third-order valence-electron chi connectivity index (χ3n) is 0.151. The number of carbonyl (C=O) groups is 1. The fraction of sp³-hybridized carbons (Fsp3) is 0. The maximum absolute atomic E-state index is 9.31. The summed E-state index contributed by atoms with van der Waals surface area (Å²) in [6, 6.07) is 0. The summed E-state index contributed by atoms with van der Waals surface area (Å²) in [6.45, 7) is 0. The minimum Gasteiger partial charge on any atom is -0.299 e. The van der Waals surface area contributed by atoms with Crippen molar-refractivity contribution < 1.29 is 4.79 Å². The zero-order valence-corrected chi connectivity index (χ0v) is 4.68. The summed E-state index contributed by atoms with van der Waals surface area (Å²) in [5, 5.41) is 0. The standard InChI is InChI=1S/C3H3IO/c4-2-1-3-5/h1-3H/b2-1-. The largest absolute Gasteiger partial charge is 0.299 e. The Kier molecular flexibility index (Phi) is 4.26. The van der Waals surface area contributed by atoms with Gasteiger partial charge in [-0.15, -0.1) is 0 Å². The maximum Gasteiger partial charge on any atom is 0.143 e. The van der Waals surface area contributed by atoms with Gasteiger partial charge in [0.25, 0.3) is 0 Å². The molecule has 0 aliphatic heterocycles. The second-order valence-electron chi connectivity index (χ2n) is 0.455. The van der Waals surface area contributed by atoms with Crippen molar-refractivity contribution in [2.75, 3.05) is 0 Å². The lowest BCUT2D eigenvalue weighted by molar-refractivity contribution is -0.104. The van der Waals surface area contributed by atoms with Crippen molar-refractivity contribution in [2.45, 2.75) is 0 Å². The van der Waals surface area contributed by atoms with Gasteiger partial charge < -0.3 is 0 Å². The third kappa shape index (κ3) is 4.14. The Bertz CT molecular complexity index is 48.9. The van der Waals surface area contributed by atoms with Gasteiger partial charge >= 0.3 is 0 Å². The summed E-state index contributed by atoms with van der Waals surface area (Å²) in [5.41, 5.74) is 0. The molecule has 0 N–H and O–H groups in total. The molecule has 28 valence electrons. The van der Waals surface area contributed by atoms with E-state index in [4.69, 9.17) is 0 Å². The van der Waals surface area contributed by atoms with Crippen LogP contribution in [0.4, 0.5) is 0 Å². The van der Waals surface area contributed by atoms with Crippen LogP contribution in [-0.2, 0) is 4.79 Å². The third-order valence-corrected chi connectivity index (χ3v) is 0.567. The van der Waals surface area contributed by atoms with Gasteiger partial charge in [-0.1, -0.05) is 22.6 Å². The highest BCUT2D eigenvalue weighted by Gasteiger charge is 1.50. The van der Waals surface area contributed by atoms with Gasteiger partial charge in [0.15, 0.2) is 0 Å². The molecular formula is C3H3IO. The quantitative estimate of drug-likeness (QED) is 0.337. The first-order valence-electron chi connectivity index (χ1n) is 1.12. The van der Waals surface area contributed by atoms with Gasteiger partial charge in [-0.05, 0) is 10.2 Å². The van der Waals surface area contributed by atoms with E-state index in [0.29, 0.717) is 0 Å². The second-order valence-corrected chi connectivity index (χ2v) is 1.17. The molecule has 0 saturated heterocycles. The molecule has 0 radical (unpaired) electrons. The van der Waals surface area contributed by atoms with E-state index in [9.17, 15) is 4.79 Å². The van der Waals surface area contributed by atoms with E-state index in [-0.39, 0.29) is 0 Å². The van der Waals surface area contributed by atoms with E-state index in [1.54, 1.807) is 4.08 Å². The number of halogens is 1. The van der Waals surface area contributed by atoms with Crippen LogP contribution in [-0.4, -0.2) is 6.29 Å². The molecule has 0 saturated carbocycles. The van der Waals surface area contributed by atoms with Crippen molar-refractivity contribution in [1.29, 1.82) is 0 Å². The molecule has 0 heterocycles. The van der Waals surface area contributed by atoms with Gasteiger partial charge in [-0.2, -0.15) is 0 Å². The zero-order chi connectivity index (χ0) is 4.12. The molecule has 0 amide bonds. The summed E-state index contributed by atoms with van der Waals surface area (Å²) < 4.78 is 1.66. The van der Waals surface area contributed by atoms with Gasteiger partial charge in [0.1, 0.15) is 6.29 Å². The number of hydrogen-bond acceptors (Lipinski definition) is 1. The number of hydrogen-bond donors (Lipinski definition) is 0. The first kappa shape index (κ1) is 5.14. The van der Waals surface area contributed by atoms with Gasteiger partial charge in [-0.3, -0.25) is 4.79 Å². The van der Waals surface area contributed by atoms with Gasteiger partial charge in [0.05, 0.1) is 0 Å². The Morgan fingerprint density at radius 3 is 2.20 bits per heavy atom. The average Bonchev–Trinajstić information content (AvgIpc) is 1.41. The van der Waals surface area contributed by atoms with Crippen LogP contribution in [0.5, 0.6) is 0 Å². The zero-order valence-electron chi connectivity index (χ0n) is 2.52. The Morgan fingerprint density at radius 1 is 1.60 bits per heavy atom. The molecule has 0 aliphatic rings. The molecule has 0 aromatic carbocycles. The number of aldehydes is 1. The fourth-order valence-electron chi connectivity index (χ4n) is 0.0297. The average molecular weight is 182 g/mol. The molecule has 0 aliphatic carbocycles. The Hall–Kier alpha value is 0.140. The SMILES string of the molecule is O=C/C=C\I. The van der Waals surface area contributed by atoms with Crippen molar-refractivity contribution in [3.8, 4) is 0 Å². The normalized spacial score (nSPS) is 9.00. The minimum atomic E-state index is 0.742. The van der Waals surface area contributed by atoms with E-state index in [1.807, 2.05) is 22.6 Å². The summed E-state index contributed by atoms with van der Waals surface area (Å²) in [5.74, 6) is 0. The van der Waals surface area contributed by atoms with E-state index < -0.39 is 0 Å². The van der Waals surface area contributed by atoms with E-state index in [2.05, 4.69) is 0 Å². The highest BCUT2D eigenvalue weighted by Crippen LogP contribution is 1.77. The Labute approximate surface area is 44.2 Å². The van der Waals surface area contributed by atoms with Crippen molar-refractivity contribution in [3.63, 3.8) is 0 Å². The van der Waals surface area contributed by atoms with Crippen LogP contribution < -0.4 is 0 Å². The number of carbonyl (C=O) groups excluding carboxylic acids is 1. The van der Waals surface area contributed by atoms with Crippen molar-refractivity contribution in [2.24, 2.45) is 0 Å². The monoisotopic (exact) mass is 182 g/mol. The van der Waals surface area contributed by atoms with Gasteiger partial charge in [0.2, 0.25) is 0 Å². The van der Waals surface area contributed by atoms with Crippen LogP contribution in [0.25, 0.3) is 0 Å². The van der Waals surface area contributed by atoms with Crippen molar-refractivity contribution in [1.82, 2.24) is 0 Å². The first-order valence-corrected chi connectivity index (χ1v) is 2.37. The van der Waals surface area contributed by atoms with Crippen LogP contribution >= 0.6 is 22.6 Å². The predicted octanol–water partition coefficient (Wildman–Crippen LogP) is 1.13. The summed E-state index contributed by atoms with van der Waals surface area (Å²) >= 11 is 1.98. The van der Waals surface area contributed by atoms with E-state index in [1.165, 1.54) is 6.08 Å². The molecule has 1 nitrogen and oxygen atoms in total. The van der Waals surface area contributed by atoms with Gasteiger partial charge in [-0.25, -0.2) is 0 Å². The van der Waals surface area contributed by atoms with Crippen LogP contribution in [0, 0.1) is 0 Å². The van der Waals surface area contributed by atoms with Crippen LogP contribution in [0.3, 0.4) is 0 Å². The molecule has 0 aromatic heterocycles. The topological polar surface area (TPSA) is 17.1 Å². The molecule has 5 heavy (non-hydrogen) atoms. The summed E-state index contributed by atoms with van der Waals surface area (Å²) in [4.78, 5) is 9.31. The first-order chi connectivity index (χ1) is 2.41. The molecule has 2 heteroatoms. The Balaban J connectivity index is 2.92. The molecule has 0 aromatic rings. The van der Waals surface area contributed by atoms with Crippen LogP contribution in [0.15, 0.2) is 10.2 Å². The maximum atomic E-state index is 9.31. The molecule has 0 rings (SSSR count). The molecular weight excluding hydrogens is 179 g/mol. The highest BCUT2D eigenvalue weighted by molar-refractivity contribution is 14.1. The lowest BCUT2D eigenvalue weighted by atomic mass is 10.8. The summed E-state index contributed by atoms with van der Waals surface area (Å²) in [6.07, 6.45) is 2.17. The van der Waals surface area contributed by atoms with E-state index >= 15 is 0 Å². The predicted molar refractivity (Wildman–Crippen MR) is 29.2 cm³/mol. The molecule has 0 bridgehead atoms. The second kappa shape index (κ2) is 4.14. The summed E-state index contributed by atoms with van der Waals surface area (Å²) in [7, 11) is 0. The molecule has 0 spiro atoms. The molecule has 0 unspecified atom stereocenters. The van der Waals surface area contributed by atoms with Gasteiger partial charge in [0, 0.05) is 0 Å². The number of rotatable bonds is 1. The molecule has 0 atom stereocenters. The van der Waals surface area contributed by atoms with E-state index in [0.717, 1.165) is 6.29 Å². The van der Waals surface area contributed by atoms with Crippen molar-refractivity contribution >= 4 is 28.9 Å². The lowest BCUT2D eigenvalue weighted by Gasteiger charge is -1.49. The van der Waals surface area contributed by atoms with Crippen LogP contribution in [0.1, 0.15) is 0 Å². The fourth-order valence-corrected chi connectivity index (χ4v) is 0.199. The Morgan fingerprint density at radius 2 is 2.20 bits per heavy atom.